The lowest BCUT2D eigenvalue weighted by Gasteiger charge is -2.28. The number of unbranched alkanes of at least 4 members (excludes halogenated alkanes) is 21. The smallest absolute Gasteiger partial charge is 0.306 e. The fourth-order valence-corrected chi connectivity index (χ4v) is 6.26. The molecule has 0 aliphatic carbocycles. The van der Waals surface area contributed by atoms with Gasteiger partial charge in [-0.3, -0.25) is 14.2 Å². The van der Waals surface area contributed by atoms with Gasteiger partial charge in [-0.25, -0.2) is 0 Å². The van der Waals surface area contributed by atoms with Crippen LogP contribution in [0.15, 0.2) is 12.2 Å². The molecular weight excluding hydrogens is 653 g/mol. The van der Waals surface area contributed by atoms with Gasteiger partial charge in [-0.15, -0.1) is 0 Å². The maximum atomic E-state index is 12.6. The molecule has 1 unspecified atom stereocenters. The van der Waals surface area contributed by atoms with Gasteiger partial charge in [-0.1, -0.05) is 142 Å². The predicted molar refractivity (Wildman–Crippen MR) is 204 cm³/mol. The minimum atomic E-state index is -4.61. The summed E-state index contributed by atoms with van der Waals surface area (Å²) in [7, 11) is 1.17. The second kappa shape index (κ2) is 33.6. The van der Waals surface area contributed by atoms with E-state index in [1.54, 1.807) is 0 Å². The van der Waals surface area contributed by atoms with Crippen molar-refractivity contribution in [2.45, 2.75) is 187 Å². The van der Waals surface area contributed by atoms with Crippen LogP contribution in [-0.4, -0.2) is 70.0 Å². The van der Waals surface area contributed by atoms with E-state index in [2.05, 4.69) is 26.0 Å². The lowest BCUT2D eigenvalue weighted by atomic mass is 10.0. The zero-order valence-electron chi connectivity index (χ0n) is 33.1. The van der Waals surface area contributed by atoms with Gasteiger partial charge in [0.1, 0.15) is 19.8 Å². The van der Waals surface area contributed by atoms with Gasteiger partial charge < -0.3 is 27.9 Å². The van der Waals surface area contributed by atoms with Crippen molar-refractivity contribution in [3.8, 4) is 0 Å². The van der Waals surface area contributed by atoms with Crippen LogP contribution in [0.1, 0.15) is 181 Å². The van der Waals surface area contributed by atoms with Crippen LogP contribution < -0.4 is 4.89 Å². The highest BCUT2D eigenvalue weighted by Crippen LogP contribution is 2.38. The molecule has 0 amide bonds. The first-order valence-electron chi connectivity index (χ1n) is 20.4. The molecule has 0 radical (unpaired) electrons. The molecule has 50 heavy (non-hydrogen) atoms. The fraction of sp³-hybridized carbons (Fsp3) is 0.900. The van der Waals surface area contributed by atoms with E-state index in [0.29, 0.717) is 17.4 Å². The lowest BCUT2D eigenvalue weighted by molar-refractivity contribution is -0.870. The number of hydrogen-bond acceptors (Lipinski definition) is 8. The van der Waals surface area contributed by atoms with Crippen molar-refractivity contribution in [2.24, 2.45) is 0 Å². The van der Waals surface area contributed by atoms with Gasteiger partial charge in [0.2, 0.25) is 0 Å². The van der Waals surface area contributed by atoms with E-state index in [1.165, 1.54) is 96.3 Å². The Kier molecular flexibility index (Phi) is 32.7. The van der Waals surface area contributed by atoms with Gasteiger partial charge in [-0.05, 0) is 38.5 Å². The quantitative estimate of drug-likeness (QED) is 0.0204. The number of ether oxygens (including phenoxy) is 2. The molecule has 0 saturated heterocycles. The Labute approximate surface area is 307 Å². The molecule has 0 bridgehead atoms. The van der Waals surface area contributed by atoms with Crippen LogP contribution in [0.4, 0.5) is 0 Å². The summed E-state index contributed by atoms with van der Waals surface area (Å²) < 4.78 is 33.8. The summed E-state index contributed by atoms with van der Waals surface area (Å²) in [5, 5.41) is 0. The van der Waals surface area contributed by atoms with Crippen LogP contribution in [0.2, 0.25) is 0 Å². The Bertz CT molecular complexity index is 876. The number of allylic oxidation sites excluding steroid dienone is 2. The number of esters is 2. The van der Waals surface area contributed by atoms with Crippen molar-refractivity contribution in [2.75, 3.05) is 47.5 Å². The van der Waals surface area contributed by atoms with Crippen LogP contribution in [-0.2, 0) is 32.7 Å². The van der Waals surface area contributed by atoms with E-state index < -0.39 is 32.5 Å². The van der Waals surface area contributed by atoms with Crippen LogP contribution >= 0.6 is 7.82 Å². The second-order valence-electron chi connectivity index (χ2n) is 15.0. The summed E-state index contributed by atoms with van der Waals surface area (Å²) >= 11 is 0. The minimum absolute atomic E-state index is 0.0292. The number of nitrogens with zero attached hydrogens (tertiary/aromatic N) is 1. The summed E-state index contributed by atoms with van der Waals surface area (Å²) in [5.74, 6) is -0.839. The highest BCUT2D eigenvalue weighted by Gasteiger charge is 2.21. The van der Waals surface area contributed by atoms with E-state index >= 15 is 0 Å². The van der Waals surface area contributed by atoms with Crippen molar-refractivity contribution in [1.82, 2.24) is 0 Å². The number of rotatable bonds is 37. The number of likely N-dealkylation sites (N-methyl/N-ethyl adjacent to an activating group) is 1. The molecule has 0 saturated carbocycles. The third kappa shape index (κ3) is 36.5. The summed E-state index contributed by atoms with van der Waals surface area (Å²) in [5.41, 5.74) is 0. The van der Waals surface area contributed by atoms with Crippen LogP contribution in [0.25, 0.3) is 0 Å². The number of phosphoric acid groups is 1. The first kappa shape index (κ1) is 48.8. The molecule has 0 heterocycles. The summed E-state index contributed by atoms with van der Waals surface area (Å²) in [6.45, 7) is 4.20. The first-order valence-corrected chi connectivity index (χ1v) is 21.9. The zero-order valence-corrected chi connectivity index (χ0v) is 34.0. The molecular formula is C40H78NO8P. The van der Waals surface area contributed by atoms with Crippen molar-refractivity contribution in [3.05, 3.63) is 12.2 Å². The topological polar surface area (TPSA) is 111 Å². The molecule has 0 fully saturated rings. The predicted octanol–water partition coefficient (Wildman–Crippen LogP) is 10.4. The van der Waals surface area contributed by atoms with Crippen molar-refractivity contribution < 1.29 is 42.1 Å². The monoisotopic (exact) mass is 732 g/mol. The molecule has 9 nitrogen and oxygen atoms in total. The van der Waals surface area contributed by atoms with E-state index in [0.717, 1.165) is 51.4 Å². The Morgan fingerprint density at radius 2 is 1.02 bits per heavy atom. The SMILES string of the molecule is CCCCCCC/C=C/CCCCCCCC(=O)OC[C@H](COP(=O)([O-])OCC[N+](C)(C)C)OC(=O)CCCCCCCCCCCCCC. The largest absolute Gasteiger partial charge is 0.756 e. The van der Waals surface area contributed by atoms with Crippen LogP contribution in [0.3, 0.4) is 0 Å². The highest BCUT2D eigenvalue weighted by molar-refractivity contribution is 7.45. The molecule has 2 atom stereocenters. The Morgan fingerprint density at radius 1 is 0.600 bits per heavy atom. The molecule has 0 aliphatic heterocycles. The Morgan fingerprint density at radius 3 is 1.48 bits per heavy atom. The Balaban J connectivity index is 4.40. The van der Waals surface area contributed by atoms with Gasteiger partial charge in [0.05, 0.1) is 27.7 Å². The fourth-order valence-electron chi connectivity index (χ4n) is 5.53. The van der Waals surface area contributed by atoms with E-state index in [1.807, 2.05) is 21.1 Å². The minimum Gasteiger partial charge on any atom is -0.756 e. The number of carbonyl (C=O) groups excluding carboxylic acids is 2. The van der Waals surface area contributed by atoms with E-state index in [-0.39, 0.29) is 26.1 Å². The molecule has 10 heteroatoms. The summed E-state index contributed by atoms with van der Waals surface area (Å²) in [6.07, 6.45) is 32.3. The average molecular weight is 732 g/mol. The van der Waals surface area contributed by atoms with Gasteiger partial charge in [0, 0.05) is 12.8 Å². The molecule has 0 N–H and O–H groups in total. The summed E-state index contributed by atoms with van der Waals surface area (Å²) in [4.78, 5) is 37.4. The van der Waals surface area contributed by atoms with Gasteiger partial charge in [-0.2, -0.15) is 0 Å². The molecule has 0 rings (SSSR count). The lowest BCUT2D eigenvalue weighted by Crippen LogP contribution is -2.37. The van der Waals surface area contributed by atoms with Crippen molar-refractivity contribution >= 4 is 19.8 Å². The van der Waals surface area contributed by atoms with Gasteiger partial charge in [0.15, 0.2) is 6.10 Å². The second-order valence-corrected chi connectivity index (χ2v) is 16.4. The number of quaternary nitrogens is 1. The summed E-state index contributed by atoms with van der Waals surface area (Å²) in [6, 6.07) is 0. The third-order valence-corrected chi connectivity index (χ3v) is 9.75. The molecule has 0 aliphatic rings. The standard InChI is InChI=1S/C40H78NO8P/c1-6-8-10-12-14-16-18-20-21-23-24-26-28-30-32-39(42)46-36-38(37-48-50(44,45)47-35-34-41(3,4)5)49-40(43)33-31-29-27-25-22-19-17-15-13-11-9-7-2/h18,20,38H,6-17,19,21-37H2,1-5H3/b20-18+/t38-/m1/s1. The molecule has 0 aromatic heterocycles. The van der Waals surface area contributed by atoms with Crippen LogP contribution in [0.5, 0.6) is 0 Å². The molecule has 0 aromatic rings. The zero-order chi connectivity index (χ0) is 37.2. The molecule has 0 aromatic carbocycles. The maximum Gasteiger partial charge on any atom is 0.306 e. The van der Waals surface area contributed by atoms with Crippen molar-refractivity contribution in [3.63, 3.8) is 0 Å². The molecule has 0 spiro atoms. The third-order valence-electron chi connectivity index (χ3n) is 8.79. The van der Waals surface area contributed by atoms with E-state index in [4.69, 9.17) is 18.5 Å². The van der Waals surface area contributed by atoms with Crippen molar-refractivity contribution in [1.29, 1.82) is 0 Å². The Hall–Kier alpha value is -1.25. The average Bonchev–Trinajstić information content (AvgIpc) is 3.06. The number of carbonyl (C=O) groups is 2. The van der Waals surface area contributed by atoms with Gasteiger partial charge >= 0.3 is 11.9 Å². The number of hydrogen-bond donors (Lipinski definition) is 0. The molecule has 296 valence electrons. The van der Waals surface area contributed by atoms with E-state index in [9.17, 15) is 19.0 Å². The van der Waals surface area contributed by atoms with Gasteiger partial charge in [0.25, 0.3) is 7.82 Å². The normalized spacial score (nSPS) is 13.8. The van der Waals surface area contributed by atoms with Crippen LogP contribution in [0, 0.1) is 0 Å². The first-order chi connectivity index (χ1) is 24.0. The maximum absolute atomic E-state index is 12.6. The number of phosphoric ester groups is 1. The highest BCUT2D eigenvalue weighted by atomic mass is 31.2.